The van der Waals surface area contributed by atoms with Gasteiger partial charge < -0.3 is 4.90 Å². The predicted molar refractivity (Wildman–Crippen MR) is 121 cm³/mol. The van der Waals surface area contributed by atoms with E-state index in [9.17, 15) is 0 Å². The first kappa shape index (κ1) is 18.1. The Hall–Kier alpha value is -3.28. The smallest absolute Gasteiger partial charge is 0.0462 e. The Morgan fingerprint density at radius 2 is 1.00 bits per heavy atom. The van der Waals surface area contributed by atoms with Crippen molar-refractivity contribution in [2.75, 3.05) is 4.90 Å². The molecule has 0 aliphatic heterocycles. The van der Waals surface area contributed by atoms with Crippen molar-refractivity contribution < 1.29 is 0 Å². The molecule has 1 nitrogen and oxygen atoms in total. The van der Waals surface area contributed by atoms with E-state index in [1.807, 2.05) is 36.4 Å². The number of para-hydroxylation sites is 2. The molecule has 0 fully saturated rings. The number of benzene rings is 4. The van der Waals surface area contributed by atoms with Crippen LogP contribution in [0.1, 0.15) is 11.1 Å². The first-order valence-electron chi connectivity index (χ1n) is 9.08. The van der Waals surface area contributed by atoms with Crippen LogP contribution in [0.3, 0.4) is 0 Å². The molecule has 0 bridgehead atoms. The average molecular weight is 424 g/mol. The van der Waals surface area contributed by atoms with E-state index in [4.69, 9.17) is 0 Å². The summed E-state index contributed by atoms with van der Waals surface area (Å²) in [7, 11) is 0. The van der Waals surface area contributed by atoms with Gasteiger partial charge in [0.25, 0.3) is 0 Å². The zero-order valence-electron chi connectivity index (χ0n) is 15.2. The molecule has 4 aromatic rings. The Morgan fingerprint density at radius 3 is 1.57 bits per heavy atom. The van der Waals surface area contributed by atoms with E-state index in [0.717, 1.165) is 32.7 Å². The summed E-state index contributed by atoms with van der Waals surface area (Å²) in [5, 5.41) is 0. The van der Waals surface area contributed by atoms with E-state index < -0.39 is 0 Å². The molecule has 0 atom stereocenters. The molecule has 4 rings (SSSR count). The Kier molecular flexibility index (Phi) is 5.56. The van der Waals surface area contributed by atoms with Crippen molar-refractivity contribution in [1.29, 1.82) is 0 Å². The maximum Gasteiger partial charge on any atom is 0.0462 e. The molecule has 0 aliphatic carbocycles. The van der Waals surface area contributed by atoms with E-state index in [1.54, 1.807) is 0 Å². The van der Waals surface area contributed by atoms with Crippen molar-refractivity contribution in [2.24, 2.45) is 0 Å². The van der Waals surface area contributed by atoms with Crippen molar-refractivity contribution in [1.82, 2.24) is 0 Å². The topological polar surface area (TPSA) is 3.24 Å². The fraction of sp³-hybridized carbons (Fsp3) is 0. The summed E-state index contributed by atoms with van der Waals surface area (Å²) in [6.45, 7) is 0. The lowest BCUT2D eigenvalue weighted by molar-refractivity contribution is 1.28. The van der Waals surface area contributed by atoms with Crippen LogP contribution in [0.5, 0.6) is 0 Å². The lowest BCUT2D eigenvalue weighted by atomic mass is 10.1. The van der Waals surface area contributed by atoms with Gasteiger partial charge >= 0.3 is 0 Å². The summed E-state index contributed by atoms with van der Waals surface area (Å²) < 4.78 is 1.01. The van der Waals surface area contributed by atoms with Crippen molar-refractivity contribution in [2.45, 2.75) is 0 Å². The fourth-order valence-corrected chi connectivity index (χ4v) is 3.38. The van der Waals surface area contributed by atoms with Gasteiger partial charge in [-0.15, -0.1) is 0 Å². The lowest BCUT2D eigenvalue weighted by Crippen LogP contribution is -2.09. The third kappa shape index (κ3) is 4.17. The molecule has 0 saturated carbocycles. The van der Waals surface area contributed by atoms with Gasteiger partial charge in [-0.3, -0.25) is 0 Å². The predicted octanol–water partition coefficient (Wildman–Crippen LogP) is 7.32. The van der Waals surface area contributed by atoms with Crippen LogP contribution in [-0.4, -0.2) is 0 Å². The van der Waals surface area contributed by atoms with Gasteiger partial charge in [-0.2, -0.15) is 0 Å². The molecule has 0 radical (unpaired) electrons. The van der Waals surface area contributed by atoms with E-state index in [1.165, 1.54) is 0 Å². The summed E-state index contributed by atoms with van der Waals surface area (Å²) in [6, 6.07) is 37.1. The molecule has 0 spiro atoms. The molecule has 0 amide bonds. The summed E-state index contributed by atoms with van der Waals surface area (Å²) in [5.74, 6) is 6.48. The van der Waals surface area contributed by atoms with Gasteiger partial charge in [-0.25, -0.2) is 0 Å². The lowest BCUT2D eigenvalue weighted by Gasteiger charge is -2.25. The minimum atomic E-state index is 0.987. The maximum atomic E-state index is 3.54. The molecule has 2 heteroatoms. The Bertz CT molecular complexity index is 1070. The molecular weight excluding hydrogens is 406 g/mol. The Labute approximate surface area is 174 Å². The molecule has 134 valence electrons. The van der Waals surface area contributed by atoms with Gasteiger partial charge in [0.05, 0.1) is 0 Å². The van der Waals surface area contributed by atoms with Gasteiger partial charge in [0.2, 0.25) is 0 Å². The molecule has 0 unspecified atom stereocenters. The fourth-order valence-electron chi connectivity index (χ4n) is 3.00. The number of hydrogen-bond acceptors (Lipinski definition) is 1. The number of halogens is 1. The molecule has 0 N–H and O–H groups in total. The standard InChI is InChI=1S/C26H18BrN/c27-26-14-8-7-9-22(26)18-15-21-16-19-25(20-17-21)28(23-10-3-1-4-11-23)24-12-5-2-6-13-24/h1-14,16-17,19-20H. The van der Waals surface area contributed by atoms with Crippen LogP contribution < -0.4 is 4.90 Å². The highest BCUT2D eigenvalue weighted by Crippen LogP contribution is 2.33. The Balaban J connectivity index is 1.67. The summed E-state index contributed by atoms with van der Waals surface area (Å²) in [6.07, 6.45) is 0. The van der Waals surface area contributed by atoms with Crippen LogP contribution in [0, 0.1) is 11.8 Å². The average Bonchev–Trinajstić information content (AvgIpc) is 2.76. The van der Waals surface area contributed by atoms with Gasteiger partial charge in [-0.05, 0) is 76.6 Å². The van der Waals surface area contributed by atoms with E-state index in [2.05, 4.69) is 105 Å². The molecule has 0 heterocycles. The summed E-state index contributed by atoms with van der Waals surface area (Å²) >= 11 is 3.54. The van der Waals surface area contributed by atoms with Crippen LogP contribution in [0.15, 0.2) is 114 Å². The van der Waals surface area contributed by atoms with Crippen molar-refractivity contribution in [3.05, 3.63) is 125 Å². The largest absolute Gasteiger partial charge is 0.311 e. The van der Waals surface area contributed by atoms with Crippen LogP contribution in [0.25, 0.3) is 0 Å². The zero-order valence-corrected chi connectivity index (χ0v) is 16.8. The van der Waals surface area contributed by atoms with Crippen molar-refractivity contribution >= 4 is 33.0 Å². The second-order valence-corrected chi connectivity index (χ2v) is 7.14. The highest BCUT2D eigenvalue weighted by molar-refractivity contribution is 9.10. The number of nitrogens with zero attached hydrogens (tertiary/aromatic N) is 1. The van der Waals surface area contributed by atoms with Gasteiger partial charge in [0.15, 0.2) is 0 Å². The molecule has 28 heavy (non-hydrogen) atoms. The van der Waals surface area contributed by atoms with Crippen LogP contribution in [0.2, 0.25) is 0 Å². The molecule has 4 aromatic carbocycles. The Morgan fingerprint density at radius 1 is 0.500 bits per heavy atom. The van der Waals surface area contributed by atoms with E-state index >= 15 is 0 Å². The van der Waals surface area contributed by atoms with Gasteiger partial charge in [0.1, 0.15) is 0 Å². The highest BCUT2D eigenvalue weighted by atomic mass is 79.9. The first-order valence-corrected chi connectivity index (χ1v) is 9.87. The molecule has 0 aromatic heterocycles. The number of hydrogen-bond donors (Lipinski definition) is 0. The first-order chi connectivity index (χ1) is 13.8. The monoisotopic (exact) mass is 423 g/mol. The maximum absolute atomic E-state index is 3.54. The number of anilines is 3. The van der Waals surface area contributed by atoms with E-state index in [0.29, 0.717) is 0 Å². The molecular formula is C26H18BrN. The molecule has 0 saturated heterocycles. The van der Waals surface area contributed by atoms with Gasteiger partial charge in [0, 0.05) is 32.7 Å². The highest BCUT2D eigenvalue weighted by Gasteiger charge is 2.11. The second-order valence-electron chi connectivity index (χ2n) is 6.28. The third-order valence-corrected chi connectivity index (χ3v) is 5.06. The summed E-state index contributed by atoms with van der Waals surface area (Å²) in [5.41, 5.74) is 5.33. The third-order valence-electron chi connectivity index (χ3n) is 4.37. The van der Waals surface area contributed by atoms with Crippen molar-refractivity contribution in [3.8, 4) is 11.8 Å². The number of rotatable bonds is 3. The SMILES string of the molecule is Brc1ccccc1C#Cc1ccc(N(c2ccccc2)c2ccccc2)cc1. The van der Waals surface area contributed by atoms with Crippen LogP contribution in [-0.2, 0) is 0 Å². The van der Waals surface area contributed by atoms with Crippen molar-refractivity contribution in [3.63, 3.8) is 0 Å². The van der Waals surface area contributed by atoms with E-state index in [-0.39, 0.29) is 0 Å². The van der Waals surface area contributed by atoms with Crippen LogP contribution in [0.4, 0.5) is 17.1 Å². The molecule has 0 aliphatic rings. The van der Waals surface area contributed by atoms with Gasteiger partial charge in [-0.1, -0.05) is 60.4 Å². The minimum Gasteiger partial charge on any atom is -0.311 e. The summed E-state index contributed by atoms with van der Waals surface area (Å²) in [4.78, 5) is 2.24. The van der Waals surface area contributed by atoms with Crippen LogP contribution >= 0.6 is 15.9 Å². The normalized spacial score (nSPS) is 10.0. The quantitative estimate of drug-likeness (QED) is 0.312. The zero-order chi connectivity index (χ0) is 19.2. The second kappa shape index (κ2) is 8.61. The minimum absolute atomic E-state index is 0.987.